The van der Waals surface area contributed by atoms with Crippen LogP contribution < -0.4 is 11.1 Å². The van der Waals surface area contributed by atoms with Crippen molar-refractivity contribution < 1.29 is 4.74 Å². The number of nitrogens with zero attached hydrogens (tertiary/aromatic N) is 1. The molecule has 0 spiro atoms. The lowest BCUT2D eigenvalue weighted by atomic mass is 10.1. The predicted octanol–water partition coefficient (Wildman–Crippen LogP) is 2.68. The topological polar surface area (TPSA) is 60.2 Å². The van der Waals surface area contributed by atoms with Gasteiger partial charge < -0.3 is 15.8 Å². The largest absolute Gasteiger partial charge is 0.389 e. The highest BCUT2D eigenvalue weighted by Crippen LogP contribution is 2.25. The molecule has 1 aromatic rings. The minimum Gasteiger partial charge on any atom is -0.389 e. The van der Waals surface area contributed by atoms with Crippen LogP contribution in [0.5, 0.6) is 0 Å². The number of nitrogens with two attached hydrogens (primary N) is 1. The van der Waals surface area contributed by atoms with Crippen LogP contribution in [0.2, 0.25) is 0 Å². The van der Waals surface area contributed by atoms with Gasteiger partial charge in [0.2, 0.25) is 0 Å². The molecule has 0 saturated carbocycles. The average Bonchev–Trinajstić information content (AvgIpc) is 2.88. The van der Waals surface area contributed by atoms with Gasteiger partial charge in [0.1, 0.15) is 10.8 Å². The van der Waals surface area contributed by atoms with Crippen molar-refractivity contribution in [2.24, 2.45) is 11.7 Å². The van der Waals surface area contributed by atoms with E-state index in [0.29, 0.717) is 17.5 Å². The number of aryl methyl sites for hydroxylation is 2. The van der Waals surface area contributed by atoms with E-state index in [0.717, 1.165) is 43.8 Å². The second-order valence-electron chi connectivity index (χ2n) is 5.93. The average molecular weight is 307 g/mol. The second kappa shape index (κ2) is 7.71. The monoisotopic (exact) mass is 307 g/mol. The maximum absolute atomic E-state index is 5.81. The molecule has 5 heteroatoms. The molecule has 0 aromatic carbocycles. The highest BCUT2D eigenvalue weighted by molar-refractivity contribution is 7.80. The molecule has 0 fully saturated rings. The van der Waals surface area contributed by atoms with Gasteiger partial charge in [0.25, 0.3) is 0 Å². The van der Waals surface area contributed by atoms with Crippen LogP contribution in [0.15, 0.2) is 6.07 Å². The molecule has 116 valence electrons. The maximum atomic E-state index is 5.81. The Balaban J connectivity index is 1.89. The highest BCUT2D eigenvalue weighted by Gasteiger charge is 2.17. The summed E-state index contributed by atoms with van der Waals surface area (Å²) in [6.45, 7) is 6.59. The van der Waals surface area contributed by atoms with Crippen molar-refractivity contribution in [2.75, 3.05) is 25.1 Å². The minimum atomic E-state index is 0.403. The summed E-state index contributed by atoms with van der Waals surface area (Å²) in [5.74, 6) is 1.48. The number of fused-ring (bicyclic) bond motifs is 1. The highest BCUT2D eigenvalue weighted by atomic mass is 32.1. The molecule has 1 heterocycles. The van der Waals surface area contributed by atoms with E-state index in [2.05, 4.69) is 30.2 Å². The van der Waals surface area contributed by atoms with E-state index in [1.165, 1.54) is 17.7 Å². The minimum absolute atomic E-state index is 0.403. The summed E-state index contributed by atoms with van der Waals surface area (Å²) in [6.07, 6.45) is 4.39. The standard InChI is InChI=1S/C16H25N3OS/c1-11(2)6-8-20-9-7-18-16-13(15(17)21)10-12-4-3-5-14(12)19-16/h10-11H,3-9H2,1-2H3,(H2,17,21)(H,18,19). The van der Waals surface area contributed by atoms with Crippen molar-refractivity contribution in [3.8, 4) is 0 Å². The van der Waals surface area contributed by atoms with Gasteiger partial charge in [-0.3, -0.25) is 0 Å². The summed E-state index contributed by atoms with van der Waals surface area (Å²) < 4.78 is 5.60. The first-order valence-electron chi connectivity index (χ1n) is 7.72. The van der Waals surface area contributed by atoms with Crippen molar-refractivity contribution in [3.05, 3.63) is 22.9 Å². The molecule has 2 rings (SSSR count). The number of thiocarbonyl (C=S) groups is 1. The number of aromatic nitrogens is 1. The number of pyridine rings is 1. The van der Waals surface area contributed by atoms with Gasteiger partial charge in [-0.2, -0.15) is 0 Å². The van der Waals surface area contributed by atoms with Gasteiger partial charge in [-0.25, -0.2) is 4.98 Å². The molecule has 1 aliphatic rings. The maximum Gasteiger partial charge on any atom is 0.136 e. The summed E-state index contributed by atoms with van der Waals surface area (Å²) in [6, 6.07) is 2.10. The third-order valence-corrected chi connectivity index (χ3v) is 3.91. The smallest absolute Gasteiger partial charge is 0.136 e. The fourth-order valence-corrected chi connectivity index (χ4v) is 2.61. The van der Waals surface area contributed by atoms with Crippen molar-refractivity contribution in [1.29, 1.82) is 0 Å². The van der Waals surface area contributed by atoms with Gasteiger partial charge in [0, 0.05) is 18.8 Å². The zero-order chi connectivity index (χ0) is 15.2. The van der Waals surface area contributed by atoms with Gasteiger partial charge in [0.05, 0.1) is 12.2 Å². The van der Waals surface area contributed by atoms with E-state index < -0.39 is 0 Å². The number of rotatable bonds is 8. The number of ether oxygens (including phenoxy) is 1. The number of nitrogens with one attached hydrogen (secondary N) is 1. The Kier molecular flexibility index (Phi) is 5.94. The van der Waals surface area contributed by atoms with Crippen LogP contribution in [-0.4, -0.2) is 29.7 Å². The molecule has 0 aliphatic heterocycles. The Bertz CT molecular complexity index is 503. The first kappa shape index (κ1) is 16.2. The summed E-state index contributed by atoms with van der Waals surface area (Å²) >= 11 is 5.14. The molecule has 0 unspecified atom stereocenters. The molecule has 0 bridgehead atoms. The van der Waals surface area contributed by atoms with E-state index in [-0.39, 0.29) is 0 Å². The Hall–Kier alpha value is -1.20. The Labute approximate surface area is 132 Å². The molecule has 0 saturated heterocycles. The van der Waals surface area contributed by atoms with Gasteiger partial charge >= 0.3 is 0 Å². The number of anilines is 1. The Morgan fingerprint density at radius 1 is 1.43 bits per heavy atom. The van der Waals surface area contributed by atoms with Crippen LogP contribution in [0.4, 0.5) is 5.82 Å². The third kappa shape index (κ3) is 4.64. The van der Waals surface area contributed by atoms with Crippen LogP contribution in [0, 0.1) is 5.92 Å². The molecule has 3 N–H and O–H groups in total. The van der Waals surface area contributed by atoms with E-state index >= 15 is 0 Å². The molecule has 0 amide bonds. The normalized spacial score (nSPS) is 13.5. The summed E-state index contributed by atoms with van der Waals surface area (Å²) in [5, 5.41) is 3.31. The van der Waals surface area contributed by atoms with Crippen molar-refractivity contribution in [1.82, 2.24) is 4.98 Å². The van der Waals surface area contributed by atoms with Crippen molar-refractivity contribution >= 4 is 23.0 Å². The molecule has 0 atom stereocenters. The van der Waals surface area contributed by atoms with Gasteiger partial charge in [-0.15, -0.1) is 0 Å². The van der Waals surface area contributed by atoms with E-state index in [9.17, 15) is 0 Å². The summed E-state index contributed by atoms with van der Waals surface area (Å²) in [4.78, 5) is 5.09. The number of hydrogen-bond donors (Lipinski definition) is 2. The van der Waals surface area contributed by atoms with Crippen LogP contribution in [-0.2, 0) is 17.6 Å². The molecule has 4 nitrogen and oxygen atoms in total. The van der Waals surface area contributed by atoms with Crippen molar-refractivity contribution in [3.63, 3.8) is 0 Å². The lowest BCUT2D eigenvalue weighted by Gasteiger charge is -2.13. The van der Waals surface area contributed by atoms with Crippen LogP contribution in [0.1, 0.15) is 43.5 Å². The van der Waals surface area contributed by atoms with Gasteiger partial charge in [-0.1, -0.05) is 26.1 Å². The second-order valence-corrected chi connectivity index (χ2v) is 6.37. The fourth-order valence-electron chi connectivity index (χ4n) is 2.46. The number of hydrogen-bond acceptors (Lipinski definition) is 4. The van der Waals surface area contributed by atoms with Crippen molar-refractivity contribution in [2.45, 2.75) is 39.5 Å². The van der Waals surface area contributed by atoms with E-state index in [4.69, 9.17) is 22.7 Å². The Morgan fingerprint density at radius 2 is 2.24 bits per heavy atom. The first-order valence-corrected chi connectivity index (χ1v) is 8.13. The van der Waals surface area contributed by atoms with Gasteiger partial charge in [0.15, 0.2) is 0 Å². The first-order chi connectivity index (χ1) is 10.1. The zero-order valence-electron chi connectivity index (χ0n) is 12.9. The van der Waals surface area contributed by atoms with Gasteiger partial charge in [-0.05, 0) is 43.2 Å². The van der Waals surface area contributed by atoms with Crippen LogP contribution >= 0.6 is 12.2 Å². The fraction of sp³-hybridized carbons (Fsp3) is 0.625. The Morgan fingerprint density at radius 3 is 2.95 bits per heavy atom. The van der Waals surface area contributed by atoms with Crippen LogP contribution in [0.25, 0.3) is 0 Å². The molecule has 1 aliphatic carbocycles. The molecule has 21 heavy (non-hydrogen) atoms. The van der Waals surface area contributed by atoms with E-state index in [1.54, 1.807) is 0 Å². The lowest BCUT2D eigenvalue weighted by Crippen LogP contribution is -2.18. The molecule has 0 radical (unpaired) electrons. The predicted molar refractivity (Wildman–Crippen MR) is 90.9 cm³/mol. The zero-order valence-corrected chi connectivity index (χ0v) is 13.8. The third-order valence-electron chi connectivity index (χ3n) is 3.69. The summed E-state index contributed by atoms with van der Waals surface area (Å²) in [5.41, 5.74) is 9.14. The SMILES string of the molecule is CC(C)CCOCCNc1nc2c(cc1C(N)=S)CCC2. The van der Waals surface area contributed by atoms with Crippen LogP contribution in [0.3, 0.4) is 0 Å². The lowest BCUT2D eigenvalue weighted by molar-refractivity contribution is 0.132. The molecular formula is C16H25N3OS. The summed E-state index contributed by atoms with van der Waals surface area (Å²) in [7, 11) is 0. The molecular weight excluding hydrogens is 282 g/mol. The quantitative estimate of drug-likeness (QED) is 0.571. The van der Waals surface area contributed by atoms with E-state index in [1.807, 2.05) is 0 Å². The molecule has 1 aromatic heterocycles.